The van der Waals surface area contributed by atoms with E-state index in [1.54, 1.807) is 27.4 Å². The molecule has 1 N–H and O–H groups in total. The summed E-state index contributed by atoms with van der Waals surface area (Å²) >= 11 is 0. The minimum atomic E-state index is -2.02. The SMILES string of the molecule is COc1cc(OC)c2c(OC)c(O)c(C[C@@H](C)O[Si](C(C)C)(C(C)C)C(C)C)cc2c1. The van der Waals surface area contributed by atoms with E-state index < -0.39 is 8.32 Å². The second kappa shape index (κ2) is 10.1. The fourth-order valence-corrected chi connectivity index (χ4v) is 10.8. The quantitative estimate of drug-likeness (QED) is 0.410. The summed E-state index contributed by atoms with van der Waals surface area (Å²) in [5, 5.41) is 12.7. The minimum Gasteiger partial charge on any atom is -0.504 e. The molecule has 0 saturated carbocycles. The Morgan fingerprint density at radius 3 is 1.84 bits per heavy atom. The van der Waals surface area contributed by atoms with Crippen molar-refractivity contribution in [3.8, 4) is 23.0 Å². The second-order valence-corrected chi connectivity index (χ2v) is 14.7. The van der Waals surface area contributed by atoms with Gasteiger partial charge in [-0.25, -0.2) is 0 Å². The third-order valence-electron chi connectivity index (χ3n) is 6.46. The zero-order chi connectivity index (χ0) is 23.5. The summed E-state index contributed by atoms with van der Waals surface area (Å²) in [6.45, 7) is 15.8. The lowest BCUT2D eigenvalue weighted by Gasteiger charge is -2.44. The average Bonchev–Trinajstić information content (AvgIpc) is 2.71. The molecule has 6 heteroatoms. The van der Waals surface area contributed by atoms with Crippen molar-refractivity contribution in [1.82, 2.24) is 0 Å². The molecule has 0 bridgehead atoms. The Labute approximate surface area is 188 Å². The summed E-state index contributed by atoms with van der Waals surface area (Å²) in [5.41, 5.74) is 2.31. The Morgan fingerprint density at radius 1 is 0.806 bits per heavy atom. The number of phenols is 1. The van der Waals surface area contributed by atoms with Crippen molar-refractivity contribution in [2.24, 2.45) is 0 Å². The van der Waals surface area contributed by atoms with Gasteiger partial charge in [-0.2, -0.15) is 0 Å². The van der Waals surface area contributed by atoms with E-state index in [4.69, 9.17) is 18.6 Å². The summed E-state index contributed by atoms with van der Waals surface area (Å²) in [4.78, 5) is 0. The van der Waals surface area contributed by atoms with Crippen LogP contribution >= 0.6 is 0 Å². The van der Waals surface area contributed by atoms with Crippen molar-refractivity contribution in [2.75, 3.05) is 21.3 Å². The predicted octanol–water partition coefficient (Wildman–Crippen LogP) is 6.69. The molecule has 31 heavy (non-hydrogen) atoms. The van der Waals surface area contributed by atoms with E-state index in [-0.39, 0.29) is 11.9 Å². The van der Waals surface area contributed by atoms with E-state index in [0.29, 0.717) is 40.3 Å². The summed E-state index contributed by atoms with van der Waals surface area (Å²) in [6, 6.07) is 5.72. The van der Waals surface area contributed by atoms with Crippen LogP contribution < -0.4 is 14.2 Å². The number of hydrogen-bond acceptors (Lipinski definition) is 5. The van der Waals surface area contributed by atoms with Gasteiger partial charge in [0.05, 0.1) is 26.7 Å². The maximum Gasteiger partial charge on any atom is 0.200 e. The summed E-state index contributed by atoms with van der Waals surface area (Å²) in [6.07, 6.45) is 0.567. The van der Waals surface area contributed by atoms with Crippen LogP contribution in [0.4, 0.5) is 0 Å². The number of aromatic hydroxyl groups is 1. The molecule has 0 unspecified atom stereocenters. The topological polar surface area (TPSA) is 57.2 Å². The number of fused-ring (bicyclic) bond motifs is 1. The van der Waals surface area contributed by atoms with Gasteiger partial charge < -0.3 is 23.7 Å². The highest BCUT2D eigenvalue weighted by Gasteiger charge is 2.46. The first-order chi connectivity index (χ1) is 14.5. The molecule has 5 nitrogen and oxygen atoms in total. The van der Waals surface area contributed by atoms with E-state index in [2.05, 4.69) is 48.5 Å². The van der Waals surface area contributed by atoms with Crippen LogP contribution in [-0.2, 0) is 10.8 Å². The van der Waals surface area contributed by atoms with Gasteiger partial charge in [0, 0.05) is 24.2 Å². The van der Waals surface area contributed by atoms with E-state index in [1.807, 2.05) is 12.1 Å². The lowest BCUT2D eigenvalue weighted by atomic mass is 9.99. The molecule has 2 rings (SSSR count). The first kappa shape index (κ1) is 25.3. The van der Waals surface area contributed by atoms with Gasteiger partial charge in [0.1, 0.15) is 11.5 Å². The smallest absolute Gasteiger partial charge is 0.200 e. The molecule has 0 radical (unpaired) electrons. The van der Waals surface area contributed by atoms with E-state index in [1.165, 1.54) is 0 Å². The van der Waals surface area contributed by atoms with E-state index in [9.17, 15) is 5.11 Å². The fraction of sp³-hybridized carbons (Fsp3) is 0.600. The van der Waals surface area contributed by atoms with Gasteiger partial charge in [-0.15, -0.1) is 0 Å². The minimum absolute atomic E-state index is 0.0283. The third-order valence-corrected chi connectivity index (χ3v) is 12.7. The third kappa shape index (κ3) is 4.80. The molecule has 1 atom stereocenters. The molecule has 0 saturated heterocycles. The Kier molecular flexibility index (Phi) is 8.28. The molecule has 0 heterocycles. The molecule has 174 valence electrons. The highest BCUT2D eigenvalue weighted by Crippen LogP contribution is 2.46. The lowest BCUT2D eigenvalue weighted by Crippen LogP contribution is -2.50. The van der Waals surface area contributed by atoms with Gasteiger partial charge in [0.2, 0.25) is 8.32 Å². The van der Waals surface area contributed by atoms with Crippen LogP contribution in [0.2, 0.25) is 16.6 Å². The van der Waals surface area contributed by atoms with Crippen LogP contribution in [0.25, 0.3) is 10.8 Å². The lowest BCUT2D eigenvalue weighted by molar-refractivity contribution is 0.190. The molecule has 2 aromatic rings. The van der Waals surface area contributed by atoms with Crippen LogP contribution in [0, 0.1) is 0 Å². The monoisotopic (exact) mass is 448 g/mol. The highest BCUT2D eigenvalue weighted by molar-refractivity contribution is 6.77. The van der Waals surface area contributed by atoms with Crippen LogP contribution in [0.5, 0.6) is 23.0 Å². The number of rotatable bonds is 10. The van der Waals surface area contributed by atoms with Crippen molar-refractivity contribution in [1.29, 1.82) is 0 Å². The van der Waals surface area contributed by atoms with Crippen molar-refractivity contribution >= 4 is 19.1 Å². The van der Waals surface area contributed by atoms with E-state index >= 15 is 0 Å². The zero-order valence-electron chi connectivity index (χ0n) is 20.8. The summed E-state index contributed by atoms with van der Waals surface area (Å²) in [7, 11) is 2.77. The van der Waals surface area contributed by atoms with Crippen LogP contribution in [0.1, 0.15) is 54.0 Å². The summed E-state index contributed by atoms with van der Waals surface area (Å²) in [5.74, 6) is 1.85. The molecule has 0 aliphatic heterocycles. The Hall–Kier alpha value is -1.92. The largest absolute Gasteiger partial charge is 0.504 e. The standard InChI is InChI=1S/C25H40O5Si/c1-15(2)31(16(3)4,17(5)6)30-18(7)11-20-12-19-13-21(27-8)14-22(28-9)23(19)25(29-10)24(20)26/h12-18,26H,11H2,1-10H3/t18-/m1/s1. The molecule has 0 aliphatic rings. The Balaban J connectivity index is 2.52. The Morgan fingerprint density at radius 2 is 1.39 bits per heavy atom. The normalized spacial score (nSPS) is 13.3. The molecule has 0 fully saturated rings. The maximum atomic E-state index is 11.1. The first-order valence-electron chi connectivity index (χ1n) is 11.2. The maximum absolute atomic E-state index is 11.1. The molecule has 0 aliphatic carbocycles. The van der Waals surface area contributed by atoms with Crippen LogP contribution in [0.3, 0.4) is 0 Å². The van der Waals surface area contributed by atoms with Crippen molar-refractivity contribution < 1.29 is 23.7 Å². The number of phenolic OH excluding ortho intramolecular Hbond substituents is 1. The summed E-state index contributed by atoms with van der Waals surface area (Å²) < 4.78 is 23.5. The van der Waals surface area contributed by atoms with Gasteiger partial charge in [-0.05, 0) is 41.1 Å². The van der Waals surface area contributed by atoms with Gasteiger partial charge in [0.25, 0.3) is 0 Å². The molecular formula is C25H40O5Si. The average molecular weight is 449 g/mol. The number of hydrogen-bond donors (Lipinski definition) is 1. The van der Waals surface area contributed by atoms with Gasteiger partial charge in [-0.3, -0.25) is 0 Å². The molecule has 2 aromatic carbocycles. The van der Waals surface area contributed by atoms with Crippen molar-refractivity contribution in [3.63, 3.8) is 0 Å². The van der Waals surface area contributed by atoms with Gasteiger partial charge >= 0.3 is 0 Å². The van der Waals surface area contributed by atoms with Crippen LogP contribution in [-0.4, -0.2) is 40.9 Å². The molecule has 0 spiro atoms. The van der Waals surface area contributed by atoms with Gasteiger partial charge in [-0.1, -0.05) is 41.5 Å². The molecule has 0 aromatic heterocycles. The van der Waals surface area contributed by atoms with E-state index in [0.717, 1.165) is 16.3 Å². The second-order valence-electron chi connectivity index (χ2n) is 9.30. The van der Waals surface area contributed by atoms with Crippen molar-refractivity contribution in [2.45, 2.75) is 77.6 Å². The number of methoxy groups -OCH3 is 3. The van der Waals surface area contributed by atoms with Crippen molar-refractivity contribution in [3.05, 3.63) is 23.8 Å². The highest BCUT2D eigenvalue weighted by atomic mass is 28.4. The predicted molar refractivity (Wildman–Crippen MR) is 131 cm³/mol. The fourth-order valence-electron chi connectivity index (χ4n) is 5.23. The number of ether oxygens (including phenoxy) is 3. The first-order valence-corrected chi connectivity index (χ1v) is 13.3. The zero-order valence-corrected chi connectivity index (χ0v) is 21.8. The Bertz CT molecular complexity index is 870. The molecule has 0 amide bonds. The van der Waals surface area contributed by atoms with Gasteiger partial charge in [0.15, 0.2) is 11.5 Å². The van der Waals surface area contributed by atoms with Crippen LogP contribution in [0.15, 0.2) is 18.2 Å². The molecular weight excluding hydrogens is 408 g/mol. The number of benzene rings is 2.